The van der Waals surface area contributed by atoms with E-state index in [9.17, 15) is 14.0 Å². The lowest BCUT2D eigenvalue weighted by molar-refractivity contribution is -0.154. The van der Waals surface area contributed by atoms with Gasteiger partial charge in [0.1, 0.15) is 5.82 Å². The predicted octanol–water partition coefficient (Wildman–Crippen LogP) is 4.48. The Balaban J connectivity index is 1.90. The molecule has 0 unspecified atom stereocenters. The molecule has 0 aliphatic heterocycles. The van der Waals surface area contributed by atoms with E-state index in [1.165, 1.54) is 31.2 Å². The Morgan fingerprint density at radius 1 is 1.12 bits per heavy atom. The number of rotatable bonds is 6. The number of halogens is 3. The van der Waals surface area contributed by atoms with E-state index < -0.39 is 18.0 Å². The van der Waals surface area contributed by atoms with Crippen LogP contribution in [0.1, 0.15) is 31.0 Å². The molecule has 0 bridgehead atoms. The number of esters is 1. The number of hydrogen-bond acceptors (Lipinski definition) is 3. The van der Waals surface area contributed by atoms with Gasteiger partial charge in [0.15, 0.2) is 6.10 Å². The number of carbonyl (C=O) groups is 2. The molecule has 0 fully saturated rings. The van der Waals surface area contributed by atoms with Gasteiger partial charge in [0.2, 0.25) is 0 Å². The zero-order valence-electron chi connectivity index (χ0n) is 14.3. The molecule has 0 aliphatic rings. The molecule has 138 valence electrons. The average molecular weight is 398 g/mol. The van der Waals surface area contributed by atoms with Crippen LogP contribution in [0.4, 0.5) is 4.39 Å². The minimum absolute atomic E-state index is 0.0452. The van der Waals surface area contributed by atoms with Crippen molar-refractivity contribution in [3.8, 4) is 0 Å². The number of hydrogen-bond donors (Lipinski definition) is 1. The Labute approximate surface area is 161 Å². The molecule has 2 atom stereocenters. The van der Waals surface area contributed by atoms with Crippen molar-refractivity contribution in [2.75, 3.05) is 0 Å². The van der Waals surface area contributed by atoms with Crippen LogP contribution in [-0.4, -0.2) is 18.0 Å². The highest BCUT2D eigenvalue weighted by molar-refractivity contribution is 6.35. The second kappa shape index (κ2) is 9.01. The predicted molar refractivity (Wildman–Crippen MR) is 98.7 cm³/mol. The molecule has 2 rings (SSSR count). The number of amides is 1. The van der Waals surface area contributed by atoms with Crippen LogP contribution in [-0.2, 0) is 20.7 Å². The van der Waals surface area contributed by atoms with Gasteiger partial charge < -0.3 is 10.1 Å². The summed E-state index contributed by atoms with van der Waals surface area (Å²) in [5.41, 5.74) is 1.31. The first-order chi connectivity index (χ1) is 12.3. The summed E-state index contributed by atoms with van der Waals surface area (Å²) in [5.74, 6) is -1.41. The molecule has 0 saturated carbocycles. The van der Waals surface area contributed by atoms with Crippen LogP contribution >= 0.6 is 23.2 Å². The van der Waals surface area contributed by atoms with Crippen molar-refractivity contribution >= 4 is 35.1 Å². The largest absolute Gasteiger partial charge is 0.452 e. The number of ether oxygens (including phenoxy) is 1. The minimum Gasteiger partial charge on any atom is -0.452 e. The van der Waals surface area contributed by atoms with E-state index >= 15 is 0 Å². The number of nitrogens with one attached hydrogen (secondary N) is 1. The van der Waals surface area contributed by atoms with E-state index in [2.05, 4.69) is 5.32 Å². The van der Waals surface area contributed by atoms with E-state index in [1.807, 2.05) is 0 Å². The molecule has 7 heteroatoms. The van der Waals surface area contributed by atoms with Gasteiger partial charge in [-0.15, -0.1) is 0 Å². The third-order valence-corrected chi connectivity index (χ3v) is 4.29. The molecule has 0 aliphatic carbocycles. The van der Waals surface area contributed by atoms with Gasteiger partial charge in [0.05, 0.1) is 12.5 Å². The summed E-state index contributed by atoms with van der Waals surface area (Å²) in [6, 6.07) is 10.1. The van der Waals surface area contributed by atoms with Crippen molar-refractivity contribution in [3.63, 3.8) is 0 Å². The average Bonchev–Trinajstić information content (AvgIpc) is 2.56. The van der Waals surface area contributed by atoms with Crippen molar-refractivity contribution in [1.82, 2.24) is 5.32 Å². The maximum atomic E-state index is 12.9. The van der Waals surface area contributed by atoms with Gasteiger partial charge in [-0.3, -0.25) is 9.59 Å². The lowest BCUT2D eigenvalue weighted by Crippen LogP contribution is -2.37. The van der Waals surface area contributed by atoms with Gasteiger partial charge in [-0.25, -0.2) is 4.39 Å². The Bertz CT molecular complexity index is 796. The van der Waals surface area contributed by atoms with Crippen molar-refractivity contribution in [2.24, 2.45) is 0 Å². The fraction of sp³-hybridized carbons (Fsp3) is 0.263. The summed E-state index contributed by atoms with van der Waals surface area (Å²) >= 11 is 12.0. The fourth-order valence-corrected chi connectivity index (χ4v) is 2.89. The first kappa shape index (κ1) is 20.2. The van der Waals surface area contributed by atoms with Crippen LogP contribution in [0.3, 0.4) is 0 Å². The first-order valence-corrected chi connectivity index (χ1v) is 8.71. The SMILES string of the molecule is C[C@@H](OC(=O)Cc1ccc(F)cc1)C(=O)N[C@H](C)c1ccc(Cl)cc1Cl. The maximum Gasteiger partial charge on any atom is 0.311 e. The molecule has 2 aromatic rings. The number of carbonyl (C=O) groups excluding carboxylic acids is 2. The molecule has 2 aromatic carbocycles. The molecule has 26 heavy (non-hydrogen) atoms. The highest BCUT2D eigenvalue weighted by atomic mass is 35.5. The summed E-state index contributed by atoms with van der Waals surface area (Å²) in [6.45, 7) is 3.24. The Morgan fingerprint density at radius 3 is 2.38 bits per heavy atom. The zero-order chi connectivity index (χ0) is 19.3. The summed E-state index contributed by atoms with van der Waals surface area (Å²) in [4.78, 5) is 24.2. The summed E-state index contributed by atoms with van der Waals surface area (Å²) in [6.07, 6.45) is -1.02. The lowest BCUT2D eigenvalue weighted by atomic mass is 10.1. The van der Waals surface area contributed by atoms with Crippen LogP contribution in [0.15, 0.2) is 42.5 Å². The summed E-state index contributed by atoms with van der Waals surface area (Å²) in [5, 5.41) is 3.68. The smallest absolute Gasteiger partial charge is 0.311 e. The third-order valence-electron chi connectivity index (χ3n) is 3.73. The van der Waals surface area contributed by atoms with Gasteiger partial charge in [0.25, 0.3) is 5.91 Å². The molecule has 0 heterocycles. The van der Waals surface area contributed by atoms with E-state index in [0.29, 0.717) is 21.2 Å². The number of benzene rings is 2. The maximum absolute atomic E-state index is 12.9. The van der Waals surface area contributed by atoms with E-state index in [0.717, 1.165) is 0 Å². The molecule has 0 spiro atoms. The van der Waals surface area contributed by atoms with Crippen molar-refractivity contribution < 1.29 is 18.7 Å². The van der Waals surface area contributed by atoms with Gasteiger partial charge in [-0.05, 0) is 49.2 Å². The standard InChI is InChI=1S/C19H18Cl2FNO3/c1-11(16-8-5-14(20)10-17(16)21)23-19(25)12(2)26-18(24)9-13-3-6-15(22)7-4-13/h3-8,10-12H,9H2,1-2H3,(H,23,25)/t11-,12-/m1/s1. The van der Waals surface area contributed by atoms with E-state index in [-0.39, 0.29) is 18.3 Å². The van der Waals surface area contributed by atoms with E-state index in [4.69, 9.17) is 27.9 Å². The van der Waals surface area contributed by atoms with Gasteiger partial charge in [-0.1, -0.05) is 41.4 Å². The molecular weight excluding hydrogens is 380 g/mol. The highest BCUT2D eigenvalue weighted by Crippen LogP contribution is 2.26. The molecule has 0 aromatic heterocycles. The minimum atomic E-state index is -0.975. The third kappa shape index (κ3) is 5.71. The van der Waals surface area contributed by atoms with Crippen LogP contribution in [0, 0.1) is 5.82 Å². The first-order valence-electron chi connectivity index (χ1n) is 7.95. The molecular formula is C19H18Cl2FNO3. The van der Waals surface area contributed by atoms with Gasteiger partial charge >= 0.3 is 5.97 Å². The Hall–Kier alpha value is -2.11. The van der Waals surface area contributed by atoms with Gasteiger partial charge in [0, 0.05) is 10.0 Å². The van der Waals surface area contributed by atoms with Crippen LogP contribution in [0.25, 0.3) is 0 Å². The highest BCUT2D eigenvalue weighted by Gasteiger charge is 2.21. The monoisotopic (exact) mass is 397 g/mol. The van der Waals surface area contributed by atoms with Crippen LogP contribution in [0.5, 0.6) is 0 Å². The normalized spacial score (nSPS) is 13.0. The Morgan fingerprint density at radius 2 is 1.77 bits per heavy atom. The van der Waals surface area contributed by atoms with E-state index in [1.54, 1.807) is 25.1 Å². The lowest BCUT2D eigenvalue weighted by Gasteiger charge is -2.19. The molecule has 1 N–H and O–H groups in total. The second-order valence-corrected chi connectivity index (χ2v) is 6.68. The quantitative estimate of drug-likeness (QED) is 0.730. The van der Waals surface area contributed by atoms with Gasteiger partial charge in [-0.2, -0.15) is 0 Å². The fourth-order valence-electron chi connectivity index (χ4n) is 2.32. The second-order valence-electron chi connectivity index (χ2n) is 5.83. The topological polar surface area (TPSA) is 55.4 Å². The summed E-state index contributed by atoms with van der Waals surface area (Å²) in [7, 11) is 0. The van der Waals surface area contributed by atoms with Crippen molar-refractivity contribution in [3.05, 3.63) is 69.5 Å². The van der Waals surface area contributed by atoms with Crippen LogP contribution in [0.2, 0.25) is 10.0 Å². The molecule has 4 nitrogen and oxygen atoms in total. The van der Waals surface area contributed by atoms with Crippen molar-refractivity contribution in [1.29, 1.82) is 0 Å². The molecule has 1 amide bonds. The summed E-state index contributed by atoms with van der Waals surface area (Å²) < 4.78 is 18.0. The Kier molecular flexibility index (Phi) is 7.00. The van der Waals surface area contributed by atoms with Crippen molar-refractivity contribution in [2.45, 2.75) is 32.4 Å². The molecule has 0 saturated heterocycles. The zero-order valence-corrected chi connectivity index (χ0v) is 15.8. The molecule has 0 radical (unpaired) electrons. The van der Waals surface area contributed by atoms with Crippen LogP contribution < -0.4 is 5.32 Å².